The van der Waals surface area contributed by atoms with Crippen molar-refractivity contribution < 1.29 is 9.90 Å². The third kappa shape index (κ3) is 3.46. The molecule has 1 heterocycles. The molecule has 0 aliphatic rings. The van der Waals surface area contributed by atoms with Crippen molar-refractivity contribution in [2.75, 3.05) is 20.6 Å². The number of H-pyrrole nitrogens is 1. The van der Waals surface area contributed by atoms with Gasteiger partial charge >= 0.3 is 0 Å². The number of Topliss-reactive ketones (excluding diaryl/α,β-unsaturated/α-hetero) is 1. The lowest BCUT2D eigenvalue weighted by Crippen LogP contribution is -2.21. The average Bonchev–Trinajstić information content (AvgIpc) is 2.84. The maximum absolute atomic E-state index is 12.2. The number of hydrogen-bond acceptors (Lipinski definition) is 4. The summed E-state index contributed by atoms with van der Waals surface area (Å²) in [5, 5.41) is 11.6. The van der Waals surface area contributed by atoms with Crippen LogP contribution in [0.15, 0.2) is 30.0 Å². The minimum absolute atomic E-state index is 0.103. The number of nitrogens with one attached hydrogen (secondary N) is 1. The molecule has 0 aliphatic heterocycles. The molecule has 1 unspecified atom stereocenters. The number of nitrogens with zero attached hydrogens (tertiary/aromatic N) is 1. The van der Waals surface area contributed by atoms with Gasteiger partial charge in [0.25, 0.3) is 0 Å². The van der Waals surface area contributed by atoms with Crippen LogP contribution in [-0.4, -0.2) is 41.4 Å². The number of aromatic nitrogens is 1. The van der Waals surface area contributed by atoms with Gasteiger partial charge in [-0.15, -0.1) is 0 Å². The highest BCUT2D eigenvalue weighted by atomic mass is 16.3. The highest BCUT2D eigenvalue weighted by molar-refractivity contribution is 6.21. The predicted molar refractivity (Wildman–Crippen MR) is 93.9 cm³/mol. The molecular weight excluding hydrogens is 290 g/mol. The summed E-state index contributed by atoms with van der Waals surface area (Å²) in [5.41, 5.74) is 9.34. The van der Waals surface area contributed by atoms with Gasteiger partial charge < -0.3 is 20.7 Å². The fraction of sp³-hybridized carbons (Fsp3) is 0.389. The zero-order valence-corrected chi connectivity index (χ0v) is 14.2. The fourth-order valence-corrected chi connectivity index (χ4v) is 2.88. The van der Waals surface area contributed by atoms with E-state index in [1.807, 2.05) is 50.2 Å². The van der Waals surface area contributed by atoms with Crippen molar-refractivity contribution >= 4 is 22.3 Å². The number of benzene rings is 1. The monoisotopic (exact) mass is 315 g/mol. The van der Waals surface area contributed by atoms with Crippen LogP contribution in [0.4, 0.5) is 0 Å². The van der Waals surface area contributed by atoms with Gasteiger partial charge in [-0.25, -0.2) is 0 Å². The minimum atomic E-state index is -0.713. The second-order valence-corrected chi connectivity index (χ2v) is 6.05. The summed E-state index contributed by atoms with van der Waals surface area (Å²) in [6.45, 7) is 3.88. The lowest BCUT2D eigenvalue weighted by atomic mass is 9.96. The molecule has 0 radical (unpaired) electrons. The molecule has 0 saturated carbocycles. The average molecular weight is 315 g/mol. The highest BCUT2D eigenvalue weighted by Gasteiger charge is 2.24. The van der Waals surface area contributed by atoms with Crippen molar-refractivity contribution in [3.05, 3.63) is 41.2 Å². The van der Waals surface area contributed by atoms with E-state index < -0.39 is 6.10 Å². The quantitative estimate of drug-likeness (QED) is 0.715. The maximum Gasteiger partial charge on any atom is 0.163 e. The first-order valence-electron chi connectivity index (χ1n) is 7.80. The van der Waals surface area contributed by atoms with Crippen molar-refractivity contribution in [2.45, 2.75) is 26.4 Å². The molecule has 4 N–H and O–H groups in total. The standard InChI is InChI=1S/C18H25N3O2/c1-5-13(19)16(11(2)22)18-17(15(23)10-21(3)4)12-8-6-7-9-14(12)20-18/h6-9,15,20,23H,5,10,19H2,1-4H3/b16-13+. The Morgan fingerprint density at radius 3 is 2.57 bits per heavy atom. The zero-order chi connectivity index (χ0) is 17.1. The van der Waals surface area contributed by atoms with Crippen molar-refractivity contribution in [1.29, 1.82) is 0 Å². The van der Waals surface area contributed by atoms with E-state index >= 15 is 0 Å². The smallest absolute Gasteiger partial charge is 0.163 e. The number of carbonyl (C=O) groups is 1. The molecule has 5 heteroatoms. The lowest BCUT2D eigenvalue weighted by Gasteiger charge is -2.18. The van der Waals surface area contributed by atoms with Crippen molar-refractivity contribution in [1.82, 2.24) is 9.88 Å². The number of allylic oxidation sites excluding steroid dienone is 2. The van der Waals surface area contributed by atoms with Crippen LogP contribution in [0.5, 0.6) is 0 Å². The van der Waals surface area contributed by atoms with Gasteiger partial charge in [-0.05, 0) is 33.5 Å². The Morgan fingerprint density at radius 1 is 1.35 bits per heavy atom. The van der Waals surface area contributed by atoms with Gasteiger partial charge in [0.2, 0.25) is 0 Å². The van der Waals surface area contributed by atoms with E-state index in [1.54, 1.807) is 0 Å². The molecule has 0 spiro atoms. The summed E-state index contributed by atoms with van der Waals surface area (Å²) in [4.78, 5) is 17.4. The van der Waals surface area contributed by atoms with Crippen LogP contribution in [0.2, 0.25) is 0 Å². The first kappa shape index (κ1) is 17.2. The van der Waals surface area contributed by atoms with Crippen LogP contribution in [0, 0.1) is 0 Å². The molecule has 23 heavy (non-hydrogen) atoms. The second-order valence-electron chi connectivity index (χ2n) is 6.05. The molecule has 124 valence electrons. The Balaban J connectivity index is 2.74. The Morgan fingerprint density at radius 2 is 2.00 bits per heavy atom. The number of hydrogen-bond donors (Lipinski definition) is 3. The number of rotatable bonds is 6. The first-order chi connectivity index (χ1) is 10.9. The summed E-state index contributed by atoms with van der Waals surface area (Å²) in [7, 11) is 3.81. The third-order valence-corrected chi connectivity index (χ3v) is 3.92. The molecule has 0 saturated heterocycles. The van der Waals surface area contributed by atoms with Crippen molar-refractivity contribution in [2.24, 2.45) is 5.73 Å². The van der Waals surface area contributed by atoms with Crippen LogP contribution in [0.1, 0.15) is 37.6 Å². The van der Waals surface area contributed by atoms with E-state index in [2.05, 4.69) is 4.98 Å². The van der Waals surface area contributed by atoms with Crippen molar-refractivity contribution in [3.8, 4) is 0 Å². The number of fused-ring (bicyclic) bond motifs is 1. The van der Waals surface area contributed by atoms with Crippen LogP contribution >= 0.6 is 0 Å². The predicted octanol–water partition coefficient (Wildman–Crippen LogP) is 2.43. The van der Waals surface area contributed by atoms with Gasteiger partial charge in [-0.1, -0.05) is 25.1 Å². The summed E-state index contributed by atoms with van der Waals surface area (Å²) < 4.78 is 0. The molecule has 0 aliphatic carbocycles. The molecule has 1 atom stereocenters. The van der Waals surface area contributed by atoms with Gasteiger partial charge in [0.15, 0.2) is 5.78 Å². The SMILES string of the molecule is CC/C(N)=C(/C(C)=O)c1[nH]c2ccccc2c1C(O)CN(C)C. The molecule has 1 aromatic carbocycles. The number of nitrogens with two attached hydrogens (primary N) is 1. The molecule has 0 fully saturated rings. The fourth-order valence-electron chi connectivity index (χ4n) is 2.88. The number of aromatic amines is 1. The number of ketones is 1. The maximum atomic E-state index is 12.2. The van der Waals surface area contributed by atoms with Crippen LogP contribution in [0.3, 0.4) is 0 Å². The van der Waals surface area contributed by atoms with Gasteiger partial charge in [0.1, 0.15) is 0 Å². The van der Waals surface area contributed by atoms with E-state index in [1.165, 1.54) is 6.92 Å². The van der Waals surface area contributed by atoms with Gasteiger partial charge in [-0.2, -0.15) is 0 Å². The Hall–Kier alpha value is -2.11. The minimum Gasteiger partial charge on any atom is -0.401 e. The number of likely N-dealkylation sites (N-methyl/N-ethyl adjacent to an activating group) is 1. The summed E-state index contributed by atoms with van der Waals surface area (Å²) in [6, 6.07) is 7.73. The van der Waals surface area contributed by atoms with Gasteiger partial charge in [0, 0.05) is 28.7 Å². The number of para-hydroxylation sites is 1. The highest BCUT2D eigenvalue weighted by Crippen LogP contribution is 2.34. The normalized spacial score (nSPS) is 14.2. The molecule has 5 nitrogen and oxygen atoms in total. The Bertz CT molecular complexity index is 744. The van der Waals surface area contributed by atoms with E-state index in [9.17, 15) is 9.90 Å². The molecule has 1 aromatic heterocycles. The summed E-state index contributed by atoms with van der Waals surface area (Å²) >= 11 is 0. The Labute approximate surface area is 136 Å². The number of carbonyl (C=O) groups excluding carboxylic acids is 1. The number of aliphatic hydroxyl groups is 1. The summed E-state index contributed by atoms with van der Waals surface area (Å²) in [5.74, 6) is -0.103. The van der Waals surface area contributed by atoms with Crippen LogP contribution < -0.4 is 5.73 Å². The van der Waals surface area contributed by atoms with Gasteiger partial charge in [-0.3, -0.25) is 4.79 Å². The zero-order valence-electron chi connectivity index (χ0n) is 14.2. The molecule has 0 bridgehead atoms. The second kappa shape index (κ2) is 6.98. The molecule has 0 amide bonds. The molecule has 2 aromatic rings. The Kier molecular flexibility index (Phi) is 5.23. The topological polar surface area (TPSA) is 82.3 Å². The summed E-state index contributed by atoms with van der Waals surface area (Å²) in [6.07, 6.45) is -0.136. The molecule has 2 rings (SSSR count). The van der Waals surface area contributed by atoms with Crippen molar-refractivity contribution in [3.63, 3.8) is 0 Å². The van der Waals surface area contributed by atoms with Crippen LogP contribution in [0.25, 0.3) is 16.5 Å². The van der Waals surface area contributed by atoms with E-state index in [0.717, 1.165) is 16.5 Å². The third-order valence-electron chi connectivity index (χ3n) is 3.92. The number of aliphatic hydroxyl groups excluding tert-OH is 1. The first-order valence-corrected chi connectivity index (χ1v) is 7.80. The largest absolute Gasteiger partial charge is 0.401 e. The van der Waals surface area contributed by atoms with E-state index in [4.69, 9.17) is 5.73 Å². The molecular formula is C18H25N3O2. The van der Waals surface area contributed by atoms with E-state index in [-0.39, 0.29) is 5.78 Å². The lowest BCUT2D eigenvalue weighted by molar-refractivity contribution is -0.111. The van der Waals surface area contributed by atoms with E-state index in [0.29, 0.717) is 29.9 Å². The van der Waals surface area contributed by atoms with Gasteiger partial charge in [0.05, 0.1) is 17.4 Å². The van der Waals surface area contributed by atoms with Crippen LogP contribution in [-0.2, 0) is 4.79 Å².